The fourth-order valence-corrected chi connectivity index (χ4v) is 2.48. The van der Waals surface area contributed by atoms with Crippen molar-refractivity contribution in [3.63, 3.8) is 0 Å². The molecule has 0 aromatic heterocycles. The van der Waals surface area contributed by atoms with Crippen molar-refractivity contribution in [3.05, 3.63) is 83.4 Å². The zero-order valence-corrected chi connectivity index (χ0v) is 14.3. The van der Waals surface area contributed by atoms with Gasteiger partial charge in [0.05, 0.1) is 11.3 Å². The molecule has 130 valence electrons. The number of carbonyl (C=O) groups is 1. The molecule has 0 saturated carbocycles. The van der Waals surface area contributed by atoms with Gasteiger partial charge < -0.3 is 10.2 Å². The summed E-state index contributed by atoms with van der Waals surface area (Å²) >= 11 is 0. The number of hydrogen-bond acceptors (Lipinski definition) is 5. The highest BCUT2D eigenvalue weighted by Gasteiger charge is 2.16. The predicted molar refractivity (Wildman–Crippen MR) is 99.6 cm³/mol. The first kappa shape index (κ1) is 17.4. The first-order chi connectivity index (χ1) is 12.6. The summed E-state index contributed by atoms with van der Waals surface area (Å²) in [7, 11) is 0. The van der Waals surface area contributed by atoms with E-state index >= 15 is 0 Å². The van der Waals surface area contributed by atoms with E-state index in [-0.39, 0.29) is 28.5 Å². The van der Waals surface area contributed by atoms with Gasteiger partial charge in [-0.3, -0.25) is 4.79 Å². The minimum atomic E-state index is -0.355. The van der Waals surface area contributed by atoms with Gasteiger partial charge in [-0.2, -0.15) is 5.11 Å². The van der Waals surface area contributed by atoms with Crippen LogP contribution in [0.5, 0.6) is 11.5 Å². The largest absolute Gasteiger partial charge is 0.507 e. The number of phenolic OH excluding ortho intramolecular Hbond substituents is 2. The van der Waals surface area contributed by atoms with Crippen molar-refractivity contribution in [2.45, 2.75) is 13.3 Å². The van der Waals surface area contributed by atoms with E-state index in [9.17, 15) is 15.0 Å². The Balaban J connectivity index is 1.92. The maximum atomic E-state index is 12.6. The average Bonchev–Trinajstić information content (AvgIpc) is 2.68. The lowest BCUT2D eigenvalue weighted by Gasteiger charge is -2.06. The lowest BCUT2D eigenvalue weighted by molar-refractivity contribution is 0.103. The lowest BCUT2D eigenvalue weighted by atomic mass is 10.0. The van der Waals surface area contributed by atoms with Gasteiger partial charge in [0.25, 0.3) is 0 Å². The molecule has 2 N–H and O–H groups in total. The average molecular weight is 346 g/mol. The zero-order valence-electron chi connectivity index (χ0n) is 14.3. The van der Waals surface area contributed by atoms with Crippen LogP contribution < -0.4 is 0 Å². The smallest absolute Gasteiger partial charge is 0.196 e. The Morgan fingerprint density at radius 2 is 1.58 bits per heavy atom. The standard InChI is InChI=1S/C21H18N2O3/c1-2-14-8-10-16(11-9-14)22-23-18-12-17(19(24)13-20(18)25)21(26)15-6-4-3-5-7-15/h3-13,24-25H,2H2,1H3. The highest BCUT2D eigenvalue weighted by atomic mass is 16.3. The quantitative estimate of drug-likeness (QED) is 0.485. The number of azo groups is 1. The molecule has 0 aliphatic rings. The molecule has 0 fully saturated rings. The van der Waals surface area contributed by atoms with E-state index < -0.39 is 0 Å². The monoisotopic (exact) mass is 346 g/mol. The first-order valence-electron chi connectivity index (χ1n) is 8.25. The predicted octanol–water partition coefficient (Wildman–Crippen LogP) is 5.31. The Labute approximate surface area is 151 Å². The number of carbonyl (C=O) groups excluding carboxylic acids is 1. The van der Waals surface area contributed by atoms with Crippen LogP contribution in [0.15, 0.2) is 77.0 Å². The summed E-state index contributed by atoms with van der Waals surface area (Å²) in [4.78, 5) is 12.6. The van der Waals surface area contributed by atoms with Gasteiger partial charge >= 0.3 is 0 Å². The fraction of sp³-hybridized carbons (Fsp3) is 0.0952. The summed E-state index contributed by atoms with van der Waals surface area (Å²) in [6.07, 6.45) is 0.932. The SMILES string of the molecule is CCc1ccc(N=Nc2cc(C(=O)c3ccccc3)c(O)cc2O)cc1. The van der Waals surface area contributed by atoms with E-state index in [1.807, 2.05) is 24.3 Å². The molecule has 5 heteroatoms. The molecule has 0 radical (unpaired) electrons. The number of benzene rings is 3. The second-order valence-electron chi connectivity index (χ2n) is 5.77. The topological polar surface area (TPSA) is 82.2 Å². The summed E-state index contributed by atoms with van der Waals surface area (Å²) in [5.41, 5.74) is 2.43. The van der Waals surface area contributed by atoms with E-state index in [1.165, 1.54) is 11.6 Å². The number of nitrogens with zero attached hydrogens (tertiary/aromatic N) is 2. The Hall–Kier alpha value is -3.47. The van der Waals surface area contributed by atoms with Crippen LogP contribution in [0.4, 0.5) is 11.4 Å². The van der Waals surface area contributed by atoms with Crippen molar-refractivity contribution < 1.29 is 15.0 Å². The van der Waals surface area contributed by atoms with Gasteiger partial charge in [-0.1, -0.05) is 49.4 Å². The van der Waals surface area contributed by atoms with Crippen molar-refractivity contribution in [2.24, 2.45) is 10.2 Å². The Morgan fingerprint density at radius 1 is 0.885 bits per heavy atom. The van der Waals surface area contributed by atoms with Gasteiger partial charge in [0.15, 0.2) is 5.78 Å². The van der Waals surface area contributed by atoms with Gasteiger partial charge in [0.2, 0.25) is 0 Å². The molecular formula is C21H18N2O3. The van der Waals surface area contributed by atoms with Crippen LogP contribution in [-0.2, 0) is 6.42 Å². The van der Waals surface area contributed by atoms with E-state index in [2.05, 4.69) is 17.2 Å². The van der Waals surface area contributed by atoms with Crippen LogP contribution in [0.25, 0.3) is 0 Å². The molecule has 0 amide bonds. The molecule has 5 nitrogen and oxygen atoms in total. The lowest BCUT2D eigenvalue weighted by Crippen LogP contribution is -2.01. The van der Waals surface area contributed by atoms with Gasteiger partial charge in [0, 0.05) is 11.6 Å². The van der Waals surface area contributed by atoms with Gasteiger partial charge in [0.1, 0.15) is 17.2 Å². The molecule has 0 bridgehead atoms. The van der Waals surface area contributed by atoms with Crippen LogP contribution in [0, 0.1) is 0 Å². The van der Waals surface area contributed by atoms with Gasteiger partial charge in [-0.15, -0.1) is 5.11 Å². The van der Waals surface area contributed by atoms with Crippen molar-refractivity contribution in [2.75, 3.05) is 0 Å². The van der Waals surface area contributed by atoms with Crippen molar-refractivity contribution in [3.8, 4) is 11.5 Å². The molecule has 0 heterocycles. The highest BCUT2D eigenvalue weighted by Crippen LogP contribution is 2.35. The molecule has 0 aliphatic carbocycles. The van der Waals surface area contributed by atoms with Crippen molar-refractivity contribution in [1.29, 1.82) is 0 Å². The van der Waals surface area contributed by atoms with Crippen LogP contribution in [0.1, 0.15) is 28.4 Å². The third-order valence-corrected chi connectivity index (χ3v) is 3.99. The normalized spacial score (nSPS) is 11.0. The van der Waals surface area contributed by atoms with Crippen LogP contribution in [0.2, 0.25) is 0 Å². The van der Waals surface area contributed by atoms with Crippen molar-refractivity contribution in [1.82, 2.24) is 0 Å². The van der Waals surface area contributed by atoms with Gasteiger partial charge in [-0.25, -0.2) is 0 Å². The molecule has 0 unspecified atom stereocenters. The van der Waals surface area contributed by atoms with E-state index in [1.54, 1.807) is 30.3 Å². The molecule has 0 spiro atoms. The summed E-state index contributed by atoms with van der Waals surface area (Å²) < 4.78 is 0. The van der Waals surface area contributed by atoms with E-state index in [0.29, 0.717) is 11.3 Å². The third-order valence-electron chi connectivity index (χ3n) is 3.99. The summed E-state index contributed by atoms with van der Waals surface area (Å²) in [5, 5.41) is 28.1. The number of aryl methyl sites for hydroxylation is 1. The molecular weight excluding hydrogens is 328 g/mol. The number of phenols is 2. The van der Waals surface area contributed by atoms with Crippen LogP contribution in [-0.4, -0.2) is 16.0 Å². The van der Waals surface area contributed by atoms with Crippen molar-refractivity contribution >= 4 is 17.2 Å². The Kier molecular flexibility index (Phi) is 5.08. The van der Waals surface area contributed by atoms with E-state index in [0.717, 1.165) is 12.5 Å². The summed E-state index contributed by atoms with van der Waals surface area (Å²) in [6.45, 7) is 2.07. The maximum Gasteiger partial charge on any atom is 0.196 e. The number of hydrogen-bond donors (Lipinski definition) is 2. The third kappa shape index (κ3) is 3.78. The first-order valence-corrected chi connectivity index (χ1v) is 8.25. The van der Waals surface area contributed by atoms with E-state index in [4.69, 9.17) is 0 Å². The van der Waals surface area contributed by atoms with Crippen LogP contribution in [0.3, 0.4) is 0 Å². The van der Waals surface area contributed by atoms with Crippen LogP contribution >= 0.6 is 0 Å². The minimum Gasteiger partial charge on any atom is -0.507 e. The zero-order chi connectivity index (χ0) is 18.5. The number of rotatable bonds is 5. The molecule has 3 rings (SSSR count). The second-order valence-corrected chi connectivity index (χ2v) is 5.77. The molecule has 3 aromatic rings. The van der Waals surface area contributed by atoms with Gasteiger partial charge in [-0.05, 0) is 30.2 Å². The fourth-order valence-electron chi connectivity index (χ4n) is 2.48. The Bertz CT molecular complexity index is 949. The minimum absolute atomic E-state index is 0.0595. The molecule has 0 saturated heterocycles. The second kappa shape index (κ2) is 7.61. The summed E-state index contributed by atoms with van der Waals surface area (Å²) in [6, 6.07) is 18.6. The Morgan fingerprint density at radius 3 is 2.23 bits per heavy atom. The molecule has 3 aromatic carbocycles. The molecule has 0 atom stereocenters. The molecule has 0 aliphatic heterocycles. The number of ketones is 1. The molecule has 26 heavy (non-hydrogen) atoms. The maximum absolute atomic E-state index is 12.6. The summed E-state index contributed by atoms with van der Waals surface area (Å²) in [5.74, 6) is -0.907. The highest BCUT2D eigenvalue weighted by molar-refractivity contribution is 6.11. The number of aromatic hydroxyl groups is 2.